The molecule has 1 N–H and O–H groups in total. The van der Waals surface area contributed by atoms with Crippen LogP contribution in [0.3, 0.4) is 0 Å². The van der Waals surface area contributed by atoms with Gasteiger partial charge in [-0.05, 0) is 25.8 Å². The number of nitrogens with zero attached hydrogens (tertiary/aromatic N) is 2. The molecule has 18 heavy (non-hydrogen) atoms. The van der Waals surface area contributed by atoms with Gasteiger partial charge in [-0.3, -0.25) is 9.80 Å². The first kappa shape index (κ1) is 15.9. The quantitative estimate of drug-likeness (QED) is 0.811. The molecule has 0 bridgehead atoms. The van der Waals surface area contributed by atoms with E-state index >= 15 is 0 Å². The van der Waals surface area contributed by atoms with Crippen LogP contribution in [0, 0.1) is 5.41 Å². The first-order chi connectivity index (χ1) is 8.38. The highest BCUT2D eigenvalue weighted by Crippen LogP contribution is 2.20. The van der Waals surface area contributed by atoms with Crippen LogP contribution in [-0.2, 0) is 0 Å². The Hall–Kier alpha value is -0.120. The van der Waals surface area contributed by atoms with Gasteiger partial charge in [0.1, 0.15) is 0 Å². The van der Waals surface area contributed by atoms with Crippen molar-refractivity contribution in [2.24, 2.45) is 5.41 Å². The van der Waals surface area contributed by atoms with Crippen molar-refractivity contribution in [3.63, 3.8) is 0 Å². The second kappa shape index (κ2) is 6.88. The van der Waals surface area contributed by atoms with Gasteiger partial charge >= 0.3 is 0 Å². The Balaban J connectivity index is 2.39. The normalized spacial score (nSPS) is 23.0. The molecule has 1 rings (SSSR count). The van der Waals surface area contributed by atoms with Crippen LogP contribution < -0.4 is 5.32 Å². The summed E-state index contributed by atoms with van der Waals surface area (Å²) in [6.45, 7) is 17.7. The van der Waals surface area contributed by atoms with E-state index in [1.165, 1.54) is 39.1 Å². The van der Waals surface area contributed by atoms with Crippen molar-refractivity contribution >= 4 is 0 Å². The molecule has 1 heterocycles. The molecule has 0 amide bonds. The lowest BCUT2D eigenvalue weighted by Crippen LogP contribution is -2.54. The summed E-state index contributed by atoms with van der Waals surface area (Å²) in [7, 11) is 2.09. The average molecular weight is 255 g/mol. The molecule has 0 radical (unpaired) electrons. The fraction of sp³-hybridized carbons (Fsp3) is 1.00. The van der Waals surface area contributed by atoms with Crippen molar-refractivity contribution in [3.8, 4) is 0 Å². The highest BCUT2D eigenvalue weighted by Gasteiger charge is 2.27. The molecule has 0 aliphatic carbocycles. The van der Waals surface area contributed by atoms with Gasteiger partial charge in [0, 0.05) is 44.8 Å². The molecule has 1 saturated heterocycles. The predicted octanol–water partition coefficient (Wildman–Crippen LogP) is 2.04. The van der Waals surface area contributed by atoms with Crippen molar-refractivity contribution in [2.75, 3.05) is 39.8 Å². The highest BCUT2D eigenvalue weighted by molar-refractivity contribution is 4.85. The van der Waals surface area contributed by atoms with Gasteiger partial charge < -0.3 is 5.32 Å². The molecule has 108 valence electrons. The number of likely N-dealkylation sites (N-methyl/N-ethyl adjacent to an activating group) is 1. The largest absolute Gasteiger partial charge is 0.315 e. The fourth-order valence-corrected chi connectivity index (χ4v) is 2.70. The minimum absolute atomic E-state index is 0.336. The van der Waals surface area contributed by atoms with Crippen LogP contribution >= 0.6 is 0 Å². The molecule has 0 aromatic carbocycles. The van der Waals surface area contributed by atoms with Gasteiger partial charge in [0.15, 0.2) is 0 Å². The molecule has 1 fully saturated rings. The summed E-state index contributed by atoms with van der Waals surface area (Å²) in [5, 5.41) is 3.48. The maximum absolute atomic E-state index is 3.48. The first-order valence-electron chi connectivity index (χ1n) is 7.52. The molecular formula is C15H33N3. The number of nitrogens with one attached hydrogen (secondary N) is 1. The molecule has 1 aliphatic heterocycles. The topological polar surface area (TPSA) is 18.5 Å². The summed E-state index contributed by atoms with van der Waals surface area (Å²) < 4.78 is 0. The van der Waals surface area contributed by atoms with Gasteiger partial charge in [-0.25, -0.2) is 0 Å². The van der Waals surface area contributed by atoms with Crippen molar-refractivity contribution in [3.05, 3.63) is 0 Å². The van der Waals surface area contributed by atoms with Crippen LogP contribution in [0.15, 0.2) is 0 Å². The van der Waals surface area contributed by atoms with Gasteiger partial charge in [-0.2, -0.15) is 0 Å². The zero-order chi connectivity index (χ0) is 13.8. The van der Waals surface area contributed by atoms with E-state index < -0.39 is 0 Å². The summed E-state index contributed by atoms with van der Waals surface area (Å²) >= 11 is 0. The zero-order valence-corrected chi connectivity index (χ0v) is 13.3. The summed E-state index contributed by atoms with van der Waals surface area (Å²) in [4.78, 5) is 5.24. The van der Waals surface area contributed by atoms with Crippen molar-refractivity contribution in [1.82, 2.24) is 15.1 Å². The minimum atomic E-state index is 0.336. The molecule has 3 heteroatoms. The van der Waals surface area contributed by atoms with Crippen LogP contribution in [0.2, 0.25) is 0 Å². The molecular weight excluding hydrogens is 222 g/mol. The SMILES string of the molecule is CCC(C)N1CCN(CC(NC)C(C)(C)C)CC1. The predicted molar refractivity (Wildman–Crippen MR) is 80.1 cm³/mol. The molecule has 1 aliphatic rings. The van der Waals surface area contributed by atoms with Gasteiger partial charge in [-0.15, -0.1) is 0 Å². The Bertz CT molecular complexity index is 226. The van der Waals surface area contributed by atoms with Crippen LogP contribution in [0.4, 0.5) is 0 Å². The van der Waals surface area contributed by atoms with E-state index in [4.69, 9.17) is 0 Å². The maximum Gasteiger partial charge on any atom is 0.0240 e. The Kier molecular flexibility index (Phi) is 6.09. The lowest BCUT2D eigenvalue weighted by Gasteiger charge is -2.41. The average Bonchev–Trinajstić information content (AvgIpc) is 2.34. The number of hydrogen-bond acceptors (Lipinski definition) is 3. The van der Waals surface area contributed by atoms with Gasteiger partial charge in [0.05, 0.1) is 0 Å². The molecule has 2 atom stereocenters. The third kappa shape index (κ3) is 4.52. The van der Waals surface area contributed by atoms with E-state index in [9.17, 15) is 0 Å². The van der Waals surface area contributed by atoms with Gasteiger partial charge in [-0.1, -0.05) is 27.7 Å². The smallest absolute Gasteiger partial charge is 0.0240 e. The van der Waals surface area contributed by atoms with Crippen LogP contribution in [-0.4, -0.2) is 61.7 Å². The maximum atomic E-state index is 3.48. The van der Waals surface area contributed by atoms with Gasteiger partial charge in [0.2, 0.25) is 0 Å². The molecule has 0 saturated carbocycles. The fourth-order valence-electron chi connectivity index (χ4n) is 2.70. The second-order valence-electron chi connectivity index (χ2n) is 6.80. The summed E-state index contributed by atoms with van der Waals surface area (Å²) in [6, 6.07) is 1.32. The first-order valence-corrected chi connectivity index (χ1v) is 7.52. The van der Waals surface area contributed by atoms with Gasteiger partial charge in [0.25, 0.3) is 0 Å². The van der Waals surface area contributed by atoms with E-state index in [0.29, 0.717) is 11.5 Å². The van der Waals surface area contributed by atoms with E-state index in [1.807, 2.05) is 0 Å². The number of hydrogen-bond donors (Lipinski definition) is 1. The third-order valence-electron chi connectivity index (χ3n) is 4.46. The molecule has 2 unspecified atom stereocenters. The van der Waals surface area contributed by atoms with Crippen LogP contribution in [0.1, 0.15) is 41.0 Å². The second-order valence-corrected chi connectivity index (χ2v) is 6.80. The Morgan fingerprint density at radius 1 is 1.11 bits per heavy atom. The molecule has 0 aromatic heterocycles. The zero-order valence-electron chi connectivity index (χ0n) is 13.3. The minimum Gasteiger partial charge on any atom is -0.315 e. The standard InChI is InChI=1S/C15H33N3/c1-7-13(2)18-10-8-17(9-11-18)12-14(16-6)15(3,4)5/h13-14,16H,7-12H2,1-6H3. The van der Waals surface area contributed by atoms with Crippen molar-refractivity contribution in [2.45, 2.75) is 53.1 Å². The Labute approximate surface area is 114 Å². The number of rotatable bonds is 5. The Morgan fingerprint density at radius 2 is 1.67 bits per heavy atom. The van der Waals surface area contributed by atoms with Crippen LogP contribution in [0.25, 0.3) is 0 Å². The van der Waals surface area contributed by atoms with E-state index in [2.05, 4.69) is 56.8 Å². The van der Waals surface area contributed by atoms with E-state index in [1.54, 1.807) is 0 Å². The van der Waals surface area contributed by atoms with Crippen molar-refractivity contribution < 1.29 is 0 Å². The van der Waals surface area contributed by atoms with E-state index in [-0.39, 0.29) is 0 Å². The molecule has 3 nitrogen and oxygen atoms in total. The summed E-state index contributed by atoms with van der Waals surface area (Å²) in [6.07, 6.45) is 1.27. The Morgan fingerprint density at radius 3 is 2.06 bits per heavy atom. The lowest BCUT2D eigenvalue weighted by atomic mass is 9.86. The third-order valence-corrected chi connectivity index (χ3v) is 4.46. The summed E-state index contributed by atoms with van der Waals surface area (Å²) in [5.41, 5.74) is 0.336. The highest BCUT2D eigenvalue weighted by atomic mass is 15.3. The molecule has 0 aromatic rings. The van der Waals surface area contributed by atoms with E-state index in [0.717, 1.165) is 6.04 Å². The lowest BCUT2D eigenvalue weighted by molar-refractivity contribution is 0.0818. The number of piperazine rings is 1. The van der Waals surface area contributed by atoms with Crippen LogP contribution in [0.5, 0.6) is 0 Å². The van der Waals surface area contributed by atoms with Crippen molar-refractivity contribution in [1.29, 1.82) is 0 Å². The summed E-state index contributed by atoms with van der Waals surface area (Å²) in [5.74, 6) is 0. The molecule has 0 spiro atoms. The monoisotopic (exact) mass is 255 g/mol.